The fraction of sp³-hybridized carbons (Fsp3) is 0.444. The quantitative estimate of drug-likeness (QED) is 0.349. The maximum absolute atomic E-state index is 5.76. The zero-order valence-corrected chi connectivity index (χ0v) is 18.8. The zero-order chi connectivity index (χ0) is 18.1. The second kappa shape index (κ2) is 11.9. The molecule has 2 rings (SSSR count). The lowest BCUT2D eigenvalue weighted by Gasteiger charge is -2.21. The number of nitrogens with one attached hydrogen (secondary N) is 1. The van der Waals surface area contributed by atoms with Gasteiger partial charge >= 0.3 is 0 Å². The third-order valence-corrected chi connectivity index (χ3v) is 4.82. The van der Waals surface area contributed by atoms with Crippen molar-refractivity contribution in [2.45, 2.75) is 19.9 Å². The number of ether oxygens (including phenoxy) is 2. The molecule has 8 heteroatoms. The van der Waals surface area contributed by atoms with Gasteiger partial charge in [-0.2, -0.15) is 0 Å². The van der Waals surface area contributed by atoms with Gasteiger partial charge in [-0.25, -0.2) is 4.98 Å². The number of hydrogen-bond donors (Lipinski definition) is 1. The number of halogens is 1. The smallest absolute Gasteiger partial charge is 0.193 e. The molecule has 0 aliphatic heterocycles. The van der Waals surface area contributed by atoms with Crippen LogP contribution in [-0.2, 0) is 13.0 Å². The first-order chi connectivity index (χ1) is 12.2. The first-order valence-electron chi connectivity index (χ1n) is 8.28. The molecule has 0 aliphatic carbocycles. The van der Waals surface area contributed by atoms with Crippen molar-refractivity contribution in [2.24, 2.45) is 4.99 Å². The summed E-state index contributed by atoms with van der Waals surface area (Å²) in [7, 11) is 5.42. The number of hydrogen-bond acceptors (Lipinski definition) is 5. The molecular formula is C18H27IN4O2S. The summed E-state index contributed by atoms with van der Waals surface area (Å²) in [6, 6.07) is 7.58. The summed E-state index contributed by atoms with van der Waals surface area (Å²) in [5, 5.41) is 4.41. The Hall–Kier alpha value is -1.55. The van der Waals surface area contributed by atoms with Crippen LogP contribution < -0.4 is 14.8 Å². The summed E-state index contributed by atoms with van der Waals surface area (Å²) in [5.74, 6) is 2.47. The number of guanidine groups is 1. The Morgan fingerprint density at radius 1 is 1.27 bits per heavy atom. The van der Waals surface area contributed by atoms with Crippen molar-refractivity contribution >= 4 is 41.3 Å². The molecule has 0 atom stereocenters. The second-order valence-corrected chi connectivity index (χ2v) is 6.62. The monoisotopic (exact) mass is 490 g/mol. The van der Waals surface area contributed by atoms with Crippen LogP contribution in [0.2, 0.25) is 0 Å². The van der Waals surface area contributed by atoms with Crippen LogP contribution in [0.4, 0.5) is 0 Å². The summed E-state index contributed by atoms with van der Waals surface area (Å²) in [6.45, 7) is 4.12. The average molecular weight is 490 g/mol. The van der Waals surface area contributed by atoms with Crippen molar-refractivity contribution in [3.8, 4) is 11.5 Å². The molecule has 0 saturated heterocycles. The third kappa shape index (κ3) is 6.99. The van der Waals surface area contributed by atoms with Gasteiger partial charge in [0, 0.05) is 25.2 Å². The number of likely N-dealkylation sites (N-methyl/N-ethyl adjacent to an activating group) is 1. The molecule has 0 bridgehead atoms. The van der Waals surface area contributed by atoms with E-state index in [1.165, 1.54) is 4.88 Å². The molecule has 0 aliphatic rings. The summed E-state index contributed by atoms with van der Waals surface area (Å²) in [5.41, 5.74) is 0. The second-order valence-electron chi connectivity index (χ2n) is 5.42. The van der Waals surface area contributed by atoms with Gasteiger partial charge in [0.2, 0.25) is 0 Å². The minimum atomic E-state index is 0. The van der Waals surface area contributed by atoms with E-state index in [-0.39, 0.29) is 24.0 Å². The van der Waals surface area contributed by atoms with E-state index in [0.717, 1.165) is 35.4 Å². The molecule has 26 heavy (non-hydrogen) atoms. The number of aryl methyl sites for hydroxylation is 1. The van der Waals surface area contributed by atoms with Crippen LogP contribution in [0.5, 0.6) is 11.5 Å². The van der Waals surface area contributed by atoms with Crippen molar-refractivity contribution in [1.29, 1.82) is 0 Å². The summed E-state index contributed by atoms with van der Waals surface area (Å²) >= 11 is 1.73. The molecule has 0 unspecified atom stereocenters. The minimum absolute atomic E-state index is 0. The molecular weight excluding hydrogens is 463 g/mol. The summed E-state index contributed by atoms with van der Waals surface area (Å²) < 4.78 is 10.9. The molecule has 1 aromatic carbocycles. The predicted molar refractivity (Wildman–Crippen MR) is 118 cm³/mol. The van der Waals surface area contributed by atoms with Crippen molar-refractivity contribution < 1.29 is 9.47 Å². The van der Waals surface area contributed by atoms with Gasteiger partial charge in [-0.05, 0) is 30.7 Å². The van der Waals surface area contributed by atoms with Crippen LogP contribution in [0.1, 0.15) is 16.8 Å². The molecule has 0 amide bonds. The highest BCUT2D eigenvalue weighted by molar-refractivity contribution is 14.0. The van der Waals surface area contributed by atoms with Crippen LogP contribution in [-0.4, -0.2) is 50.2 Å². The number of nitrogens with zero attached hydrogens (tertiary/aromatic N) is 3. The van der Waals surface area contributed by atoms with Crippen molar-refractivity contribution in [1.82, 2.24) is 15.2 Å². The Labute approximate surface area is 176 Å². The van der Waals surface area contributed by atoms with Crippen molar-refractivity contribution in [2.75, 3.05) is 34.4 Å². The first-order valence-corrected chi connectivity index (χ1v) is 9.10. The molecule has 6 nitrogen and oxygen atoms in total. The zero-order valence-electron chi connectivity index (χ0n) is 15.7. The molecule has 0 saturated carbocycles. The van der Waals surface area contributed by atoms with E-state index in [2.05, 4.69) is 22.2 Å². The van der Waals surface area contributed by atoms with E-state index >= 15 is 0 Å². The van der Waals surface area contributed by atoms with Gasteiger partial charge in [0.1, 0.15) is 23.1 Å². The molecule has 2 aromatic rings. The summed E-state index contributed by atoms with van der Waals surface area (Å²) in [4.78, 5) is 12.1. The maximum atomic E-state index is 5.76. The third-order valence-electron chi connectivity index (χ3n) is 3.68. The lowest BCUT2D eigenvalue weighted by Crippen LogP contribution is -2.40. The molecule has 1 aromatic heterocycles. The van der Waals surface area contributed by atoms with Gasteiger partial charge < -0.3 is 19.7 Å². The Balaban J connectivity index is 0.00000338. The van der Waals surface area contributed by atoms with Gasteiger partial charge in [-0.1, -0.05) is 6.92 Å². The molecule has 0 fully saturated rings. The maximum Gasteiger partial charge on any atom is 0.193 e. The lowest BCUT2D eigenvalue weighted by atomic mass is 10.3. The van der Waals surface area contributed by atoms with Gasteiger partial charge in [0.25, 0.3) is 0 Å². The van der Waals surface area contributed by atoms with Crippen LogP contribution in [0.3, 0.4) is 0 Å². The van der Waals surface area contributed by atoms with E-state index in [0.29, 0.717) is 13.2 Å². The number of methoxy groups -OCH3 is 1. The highest BCUT2D eigenvalue weighted by atomic mass is 127. The van der Waals surface area contributed by atoms with Crippen LogP contribution in [0.25, 0.3) is 0 Å². The number of aromatic nitrogens is 1. The van der Waals surface area contributed by atoms with Crippen LogP contribution >= 0.6 is 35.3 Å². The van der Waals surface area contributed by atoms with Gasteiger partial charge in [0.15, 0.2) is 5.96 Å². The number of aliphatic imine (C=N–C) groups is 1. The summed E-state index contributed by atoms with van der Waals surface area (Å²) in [6.07, 6.45) is 2.96. The molecule has 1 heterocycles. The van der Waals surface area contributed by atoms with Gasteiger partial charge in [-0.15, -0.1) is 35.3 Å². The SMILES string of the molecule is CCc1cnc(CNC(=NC)N(C)CCOc2ccc(OC)cc2)s1.I. The van der Waals surface area contributed by atoms with Gasteiger partial charge in [-0.3, -0.25) is 4.99 Å². The Morgan fingerprint density at radius 2 is 1.96 bits per heavy atom. The highest BCUT2D eigenvalue weighted by Crippen LogP contribution is 2.17. The largest absolute Gasteiger partial charge is 0.497 e. The average Bonchev–Trinajstić information content (AvgIpc) is 3.11. The van der Waals surface area contributed by atoms with Gasteiger partial charge in [0.05, 0.1) is 20.2 Å². The first kappa shape index (κ1) is 22.5. The lowest BCUT2D eigenvalue weighted by molar-refractivity contribution is 0.281. The van der Waals surface area contributed by atoms with E-state index in [1.54, 1.807) is 25.5 Å². The minimum Gasteiger partial charge on any atom is -0.497 e. The van der Waals surface area contributed by atoms with E-state index in [4.69, 9.17) is 9.47 Å². The van der Waals surface area contributed by atoms with E-state index in [1.807, 2.05) is 42.4 Å². The molecule has 0 spiro atoms. The normalized spacial score (nSPS) is 10.8. The van der Waals surface area contributed by atoms with E-state index in [9.17, 15) is 0 Å². The van der Waals surface area contributed by atoms with Crippen LogP contribution in [0.15, 0.2) is 35.5 Å². The number of thiazole rings is 1. The molecule has 0 radical (unpaired) electrons. The predicted octanol–water partition coefficient (Wildman–Crippen LogP) is 3.42. The van der Waals surface area contributed by atoms with Crippen molar-refractivity contribution in [3.63, 3.8) is 0 Å². The fourth-order valence-corrected chi connectivity index (χ4v) is 3.01. The standard InChI is InChI=1S/C18H26N4O2S.HI/c1-5-16-12-20-17(25-16)13-21-18(19-2)22(3)10-11-24-15-8-6-14(23-4)7-9-15;/h6-9,12H,5,10-11,13H2,1-4H3,(H,19,21);1H. The molecule has 144 valence electrons. The Morgan fingerprint density at radius 3 is 2.54 bits per heavy atom. The Bertz CT molecular complexity index is 676. The highest BCUT2D eigenvalue weighted by Gasteiger charge is 2.07. The molecule has 1 N–H and O–H groups in total. The number of benzene rings is 1. The van der Waals surface area contributed by atoms with Crippen LogP contribution in [0, 0.1) is 0 Å². The topological polar surface area (TPSA) is 59.0 Å². The van der Waals surface area contributed by atoms with E-state index < -0.39 is 0 Å². The number of rotatable bonds is 8. The fourth-order valence-electron chi connectivity index (χ4n) is 2.21. The van der Waals surface area contributed by atoms with Crippen molar-refractivity contribution in [3.05, 3.63) is 40.3 Å². The Kier molecular flexibility index (Phi) is 10.3.